The van der Waals surface area contributed by atoms with Crippen LogP contribution in [-0.2, 0) is 9.53 Å². The first kappa shape index (κ1) is 14.6. The monoisotopic (exact) mass is 266 g/mol. The number of carbonyl (C=O) groups is 2. The van der Waals surface area contributed by atoms with Crippen LogP contribution in [0.3, 0.4) is 0 Å². The van der Waals surface area contributed by atoms with Crippen LogP contribution < -0.4 is 0 Å². The molecule has 0 fully saturated rings. The normalized spacial score (nSPS) is 12.4. The number of hydrogen-bond acceptors (Lipinski definition) is 4. The number of hydrogen-bond donors (Lipinski definition) is 0. The van der Waals surface area contributed by atoms with E-state index in [1.165, 1.54) is 17.4 Å². The Balaban J connectivity index is 2.81. The third kappa shape index (κ3) is 4.11. The number of carbonyl (C=O) groups excluding carboxylic acids is 2. The van der Waals surface area contributed by atoms with Gasteiger partial charge in [0.15, 0.2) is 5.78 Å². The summed E-state index contributed by atoms with van der Waals surface area (Å²) < 4.78 is 5.19. The van der Waals surface area contributed by atoms with Crippen molar-refractivity contribution in [2.24, 2.45) is 0 Å². The van der Waals surface area contributed by atoms with E-state index in [0.29, 0.717) is 10.5 Å². The quantitative estimate of drug-likeness (QED) is 0.477. The van der Waals surface area contributed by atoms with E-state index in [1.54, 1.807) is 27.7 Å². The summed E-state index contributed by atoms with van der Waals surface area (Å²) in [5, 5.41) is 1.86. The second-order valence-corrected chi connectivity index (χ2v) is 6.04. The first-order chi connectivity index (χ1) is 8.20. The Morgan fingerprint density at radius 3 is 2.39 bits per heavy atom. The molecule has 0 radical (unpaired) electrons. The van der Waals surface area contributed by atoms with Crippen LogP contribution in [0.15, 0.2) is 23.1 Å². The molecule has 0 spiro atoms. The highest BCUT2D eigenvalue weighted by Gasteiger charge is 2.18. The van der Waals surface area contributed by atoms with E-state index in [2.05, 4.69) is 0 Å². The molecule has 0 aliphatic carbocycles. The van der Waals surface area contributed by atoms with Crippen molar-refractivity contribution < 1.29 is 14.3 Å². The number of aryl methyl sites for hydroxylation is 1. The van der Waals surface area contributed by atoms with Crippen molar-refractivity contribution in [2.75, 3.05) is 0 Å². The van der Waals surface area contributed by atoms with E-state index >= 15 is 0 Å². The van der Waals surface area contributed by atoms with E-state index in [4.69, 9.17) is 4.74 Å². The molecule has 0 aromatic carbocycles. The lowest BCUT2D eigenvalue weighted by Gasteiger charge is -2.19. The molecule has 98 valence electrons. The number of allylic oxidation sites excluding steroid dienone is 1. The standard InChI is InChI=1S/C14H18O3S/c1-9-6-7-18-12(9)11(15)8-10(2)13(16)17-14(3,4)5/h6-8H,1-5H3/b10-8+. The average molecular weight is 266 g/mol. The lowest BCUT2D eigenvalue weighted by Crippen LogP contribution is -2.24. The molecule has 1 heterocycles. The highest BCUT2D eigenvalue weighted by Crippen LogP contribution is 2.18. The summed E-state index contributed by atoms with van der Waals surface area (Å²) in [5.41, 5.74) is 0.703. The fourth-order valence-electron chi connectivity index (χ4n) is 1.30. The second kappa shape index (κ2) is 5.48. The SMILES string of the molecule is C/C(=C\C(=O)c1sccc1C)C(=O)OC(C)(C)C. The summed E-state index contributed by atoms with van der Waals surface area (Å²) in [7, 11) is 0. The van der Waals surface area contributed by atoms with E-state index < -0.39 is 11.6 Å². The number of ketones is 1. The van der Waals surface area contributed by atoms with Crippen molar-refractivity contribution in [1.82, 2.24) is 0 Å². The summed E-state index contributed by atoms with van der Waals surface area (Å²) in [6.07, 6.45) is 1.34. The van der Waals surface area contributed by atoms with Gasteiger partial charge in [0.05, 0.1) is 4.88 Å². The largest absolute Gasteiger partial charge is 0.457 e. The second-order valence-electron chi connectivity index (χ2n) is 5.13. The van der Waals surface area contributed by atoms with Crippen LogP contribution in [0.25, 0.3) is 0 Å². The van der Waals surface area contributed by atoms with Gasteiger partial charge in [-0.15, -0.1) is 11.3 Å². The Kier molecular flexibility index (Phi) is 4.46. The third-order valence-corrected chi connectivity index (χ3v) is 3.19. The van der Waals surface area contributed by atoms with Crippen molar-refractivity contribution in [2.45, 2.75) is 40.2 Å². The van der Waals surface area contributed by atoms with E-state index in [0.717, 1.165) is 5.56 Å². The average Bonchev–Trinajstić information content (AvgIpc) is 2.61. The number of ether oxygens (including phenoxy) is 1. The topological polar surface area (TPSA) is 43.4 Å². The van der Waals surface area contributed by atoms with Crippen LogP contribution in [-0.4, -0.2) is 17.4 Å². The van der Waals surface area contributed by atoms with E-state index in [-0.39, 0.29) is 5.78 Å². The molecule has 0 aliphatic rings. The summed E-state index contributed by atoms with van der Waals surface area (Å²) in [5.74, 6) is -0.601. The summed E-state index contributed by atoms with van der Waals surface area (Å²) in [6, 6.07) is 1.88. The minimum absolute atomic E-state index is 0.147. The minimum atomic E-state index is -0.548. The van der Waals surface area contributed by atoms with Gasteiger partial charge in [0.25, 0.3) is 0 Å². The van der Waals surface area contributed by atoms with Gasteiger partial charge in [-0.05, 0) is 57.7 Å². The molecule has 0 unspecified atom stereocenters. The lowest BCUT2D eigenvalue weighted by atomic mass is 10.1. The Morgan fingerprint density at radius 1 is 1.33 bits per heavy atom. The Hall–Kier alpha value is -1.42. The molecule has 3 nitrogen and oxygen atoms in total. The molecule has 0 saturated carbocycles. The molecular formula is C14H18O3S. The molecule has 0 N–H and O–H groups in total. The van der Waals surface area contributed by atoms with Gasteiger partial charge in [-0.2, -0.15) is 0 Å². The molecule has 0 atom stereocenters. The Labute approximate surface area is 111 Å². The molecule has 1 rings (SSSR count). The minimum Gasteiger partial charge on any atom is -0.457 e. The zero-order chi connectivity index (χ0) is 13.9. The molecular weight excluding hydrogens is 248 g/mol. The predicted octanol–water partition coefficient (Wildman–Crippen LogP) is 3.53. The van der Waals surface area contributed by atoms with Crippen molar-refractivity contribution in [3.63, 3.8) is 0 Å². The van der Waals surface area contributed by atoms with Crippen LogP contribution >= 0.6 is 11.3 Å². The summed E-state index contributed by atoms with van der Waals surface area (Å²) in [6.45, 7) is 8.85. The van der Waals surface area contributed by atoms with E-state index in [9.17, 15) is 9.59 Å². The molecule has 1 aromatic heterocycles. The van der Waals surface area contributed by atoms with Crippen molar-refractivity contribution in [1.29, 1.82) is 0 Å². The summed E-state index contributed by atoms with van der Waals surface area (Å²) >= 11 is 1.38. The Morgan fingerprint density at radius 2 is 1.94 bits per heavy atom. The maximum absolute atomic E-state index is 11.9. The first-order valence-corrected chi connectivity index (χ1v) is 6.59. The number of thiophene rings is 1. The van der Waals surface area contributed by atoms with Crippen LogP contribution in [0, 0.1) is 6.92 Å². The summed E-state index contributed by atoms with van der Waals surface area (Å²) in [4.78, 5) is 24.3. The lowest BCUT2D eigenvalue weighted by molar-refractivity contribution is -0.149. The zero-order valence-corrected chi connectivity index (χ0v) is 12.2. The van der Waals surface area contributed by atoms with Gasteiger partial charge in [0.1, 0.15) is 5.60 Å². The van der Waals surface area contributed by atoms with Gasteiger partial charge in [0.2, 0.25) is 0 Å². The van der Waals surface area contributed by atoms with Crippen LogP contribution in [0.5, 0.6) is 0 Å². The van der Waals surface area contributed by atoms with Crippen LogP contribution in [0.4, 0.5) is 0 Å². The molecule has 0 bridgehead atoms. The fourth-order valence-corrected chi connectivity index (χ4v) is 2.14. The number of esters is 1. The van der Waals surface area contributed by atoms with Crippen LogP contribution in [0.1, 0.15) is 42.9 Å². The maximum atomic E-state index is 11.9. The van der Waals surface area contributed by atoms with Gasteiger partial charge in [-0.25, -0.2) is 4.79 Å². The molecule has 0 saturated heterocycles. The van der Waals surface area contributed by atoms with Gasteiger partial charge in [-0.3, -0.25) is 4.79 Å². The molecule has 18 heavy (non-hydrogen) atoms. The van der Waals surface area contributed by atoms with Crippen molar-refractivity contribution in [3.05, 3.63) is 33.5 Å². The molecule has 0 amide bonds. The number of rotatable bonds is 3. The van der Waals surface area contributed by atoms with Crippen LogP contribution in [0.2, 0.25) is 0 Å². The maximum Gasteiger partial charge on any atom is 0.334 e. The van der Waals surface area contributed by atoms with Gasteiger partial charge in [-0.1, -0.05) is 0 Å². The fraction of sp³-hybridized carbons (Fsp3) is 0.429. The smallest absolute Gasteiger partial charge is 0.334 e. The van der Waals surface area contributed by atoms with E-state index in [1.807, 2.05) is 18.4 Å². The van der Waals surface area contributed by atoms with Crippen molar-refractivity contribution in [3.8, 4) is 0 Å². The highest BCUT2D eigenvalue weighted by atomic mass is 32.1. The molecule has 1 aromatic rings. The van der Waals surface area contributed by atoms with Crippen molar-refractivity contribution >= 4 is 23.1 Å². The molecule has 0 aliphatic heterocycles. The predicted molar refractivity (Wildman–Crippen MR) is 73.0 cm³/mol. The Bertz CT molecular complexity index is 489. The van der Waals surface area contributed by atoms with Gasteiger partial charge >= 0.3 is 5.97 Å². The zero-order valence-electron chi connectivity index (χ0n) is 11.4. The molecule has 4 heteroatoms. The van der Waals surface area contributed by atoms with Gasteiger partial charge in [0, 0.05) is 5.57 Å². The van der Waals surface area contributed by atoms with Gasteiger partial charge < -0.3 is 4.74 Å². The first-order valence-electron chi connectivity index (χ1n) is 5.71. The third-order valence-electron chi connectivity index (χ3n) is 2.15. The highest BCUT2D eigenvalue weighted by molar-refractivity contribution is 7.12.